The van der Waals surface area contributed by atoms with Gasteiger partial charge in [0.05, 0.1) is 11.4 Å². The molecule has 5 nitrogen and oxygen atoms in total. The van der Waals surface area contributed by atoms with Crippen molar-refractivity contribution >= 4 is 26.0 Å². The van der Waals surface area contributed by atoms with Crippen LogP contribution in [0.1, 0.15) is 5.56 Å². The summed E-state index contributed by atoms with van der Waals surface area (Å²) >= 11 is 3.33. The van der Waals surface area contributed by atoms with E-state index in [1.807, 2.05) is 30.3 Å². The lowest BCUT2D eigenvalue weighted by atomic mass is 10.2. The van der Waals surface area contributed by atoms with Gasteiger partial charge >= 0.3 is 0 Å². The average molecular weight is 412 g/mol. The first-order chi connectivity index (χ1) is 11.4. The van der Waals surface area contributed by atoms with Crippen LogP contribution in [0.4, 0.5) is 0 Å². The third-order valence-corrected chi connectivity index (χ3v) is 6.33. The molecule has 0 saturated heterocycles. The van der Waals surface area contributed by atoms with Crippen molar-refractivity contribution in [3.8, 4) is 11.5 Å². The molecule has 0 unspecified atom stereocenters. The maximum absolute atomic E-state index is 12.8. The molecule has 2 aromatic carbocycles. The number of rotatable bonds is 4. The van der Waals surface area contributed by atoms with E-state index in [9.17, 15) is 8.42 Å². The van der Waals surface area contributed by atoms with Gasteiger partial charge in [0.2, 0.25) is 10.0 Å². The van der Waals surface area contributed by atoms with Crippen molar-refractivity contribution in [1.29, 1.82) is 0 Å². The minimum absolute atomic E-state index is 0.211. The Bertz CT molecular complexity index is 853. The van der Waals surface area contributed by atoms with Crippen molar-refractivity contribution < 1.29 is 17.9 Å². The molecule has 1 atom stereocenters. The summed E-state index contributed by atoms with van der Waals surface area (Å²) in [5, 5.41) is 0. The second kappa shape index (κ2) is 6.74. The highest BCUT2D eigenvalue weighted by Gasteiger charge is 2.29. The average Bonchev–Trinajstić information content (AvgIpc) is 2.56. The molecule has 7 heteroatoms. The van der Waals surface area contributed by atoms with Gasteiger partial charge in [0.15, 0.2) is 11.5 Å². The number of halogens is 1. The molecule has 0 radical (unpaired) electrons. The molecule has 0 saturated carbocycles. The molecule has 0 aliphatic carbocycles. The first kappa shape index (κ1) is 17.3. The molecule has 0 spiro atoms. The van der Waals surface area contributed by atoms with Crippen molar-refractivity contribution in [3.63, 3.8) is 0 Å². The summed E-state index contributed by atoms with van der Waals surface area (Å²) < 4.78 is 39.2. The maximum atomic E-state index is 12.8. The number of hydrogen-bond acceptors (Lipinski definition) is 4. The summed E-state index contributed by atoms with van der Waals surface area (Å²) in [5.74, 6) is 1.32. The van der Waals surface area contributed by atoms with E-state index in [0.29, 0.717) is 23.7 Å². The van der Waals surface area contributed by atoms with Crippen LogP contribution in [0.15, 0.2) is 51.8 Å². The van der Waals surface area contributed by atoms with E-state index in [1.54, 1.807) is 26.1 Å². The third kappa shape index (κ3) is 3.43. The van der Waals surface area contributed by atoms with Gasteiger partial charge in [-0.25, -0.2) is 8.42 Å². The van der Waals surface area contributed by atoms with E-state index in [0.717, 1.165) is 4.47 Å². The van der Waals surface area contributed by atoms with Crippen LogP contribution in [0.25, 0.3) is 0 Å². The number of hydrogen-bond donors (Lipinski definition) is 0. The van der Waals surface area contributed by atoms with Gasteiger partial charge in [-0.1, -0.05) is 34.1 Å². The molecule has 0 N–H and O–H groups in total. The van der Waals surface area contributed by atoms with Gasteiger partial charge in [0, 0.05) is 11.5 Å². The number of para-hydroxylation sites is 2. The zero-order chi connectivity index (χ0) is 17.3. The molecular weight excluding hydrogens is 394 g/mol. The van der Waals surface area contributed by atoms with Crippen LogP contribution in [0, 0.1) is 6.92 Å². The number of ether oxygens (including phenoxy) is 2. The smallest absolute Gasteiger partial charge is 0.243 e. The zero-order valence-corrected chi connectivity index (χ0v) is 15.8. The van der Waals surface area contributed by atoms with Crippen molar-refractivity contribution in [2.75, 3.05) is 20.2 Å². The number of benzene rings is 2. The molecule has 24 heavy (non-hydrogen) atoms. The van der Waals surface area contributed by atoms with Gasteiger partial charge in [-0.05, 0) is 36.8 Å². The second-order valence-electron chi connectivity index (χ2n) is 5.69. The van der Waals surface area contributed by atoms with Crippen LogP contribution in [0.3, 0.4) is 0 Å². The molecule has 0 aromatic heterocycles. The minimum atomic E-state index is -3.60. The van der Waals surface area contributed by atoms with Crippen molar-refractivity contribution in [2.24, 2.45) is 0 Å². The molecule has 0 bridgehead atoms. The van der Waals surface area contributed by atoms with Gasteiger partial charge in [0.1, 0.15) is 12.7 Å². The molecule has 1 aliphatic heterocycles. The normalized spacial score (nSPS) is 17.1. The van der Waals surface area contributed by atoms with Gasteiger partial charge in [0.25, 0.3) is 0 Å². The highest BCUT2D eigenvalue weighted by Crippen LogP contribution is 2.31. The fourth-order valence-corrected chi connectivity index (χ4v) is 4.52. The first-order valence-electron chi connectivity index (χ1n) is 7.49. The topological polar surface area (TPSA) is 55.8 Å². The SMILES string of the molecule is Cc1ccc(Br)cc1S(=O)(=O)N(C)C[C@@H]1COc2ccccc2O1. The fraction of sp³-hybridized carbons (Fsp3) is 0.294. The zero-order valence-electron chi connectivity index (χ0n) is 13.4. The van der Waals surface area contributed by atoms with Crippen LogP contribution >= 0.6 is 15.9 Å². The van der Waals surface area contributed by atoms with Crippen molar-refractivity contribution in [1.82, 2.24) is 4.31 Å². The Balaban J connectivity index is 1.77. The Hall–Kier alpha value is -1.57. The number of likely N-dealkylation sites (N-methyl/N-ethyl adjacent to an activating group) is 1. The van der Waals surface area contributed by atoms with Crippen LogP contribution in [0.5, 0.6) is 11.5 Å². The summed E-state index contributed by atoms with van der Waals surface area (Å²) in [6.45, 7) is 2.31. The Labute approximate surface area is 150 Å². The summed E-state index contributed by atoms with van der Waals surface area (Å²) in [5.41, 5.74) is 0.705. The van der Waals surface area contributed by atoms with Crippen LogP contribution in [-0.2, 0) is 10.0 Å². The predicted molar refractivity (Wildman–Crippen MR) is 95.0 cm³/mol. The lowest BCUT2D eigenvalue weighted by molar-refractivity contribution is 0.0798. The molecule has 128 valence electrons. The molecule has 0 fully saturated rings. The fourth-order valence-electron chi connectivity index (χ4n) is 2.56. The number of aryl methyl sites for hydroxylation is 1. The van der Waals surface area contributed by atoms with Gasteiger partial charge < -0.3 is 9.47 Å². The van der Waals surface area contributed by atoms with Gasteiger partial charge in [-0.3, -0.25) is 0 Å². The van der Waals surface area contributed by atoms with E-state index in [2.05, 4.69) is 15.9 Å². The Morgan fingerprint density at radius 1 is 1.21 bits per heavy atom. The number of nitrogens with zero attached hydrogens (tertiary/aromatic N) is 1. The Morgan fingerprint density at radius 2 is 1.92 bits per heavy atom. The van der Waals surface area contributed by atoms with Gasteiger partial charge in [-0.2, -0.15) is 4.31 Å². The maximum Gasteiger partial charge on any atom is 0.243 e. The van der Waals surface area contributed by atoms with Crippen molar-refractivity contribution in [3.05, 3.63) is 52.5 Å². The summed E-state index contributed by atoms with van der Waals surface area (Å²) in [4.78, 5) is 0.288. The molecular formula is C17H18BrNO4S. The van der Waals surface area contributed by atoms with Crippen LogP contribution < -0.4 is 9.47 Å². The quantitative estimate of drug-likeness (QED) is 0.774. The predicted octanol–water partition coefficient (Wildman–Crippen LogP) is 3.22. The number of fused-ring (bicyclic) bond motifs is 1. The first-order valence-corrected chi connectivity index (χ1v) is 9.72. The Morgan fingerprint density at radius 3 is 2.67 bits per heavy atom. The molecule has 1 aliphatic rings. The van der Waals surface area contributed by atoms with E-state index in [-0.39, 0.29) is 17.5 Å². The van der Waals surface area contributed by atoms with E-state index in [4.69, 9.17) is 9.47 Å². The number of sulfonamides is 1. The summed E-state index contributed by atoms with van der Waals surface area (Å²) in [7, 11) is -2.05. The van der Waals surface area contributed by atoms with E-state index >= 15 is 0 Å². The second-order valence-corrected chi connectivity index (χ2v) is 8.62. The lowest BCUT2D eigenvalue weighted by Gasteiger charge is -2.29. The summed E-state index contributed by atoms with van der Waals surface area (Å²) in [6, 6.07) is 12.6. The molecule has 0 amide bonds. The van der Waals surface area contributed by atoms with E-state index in [1.165, 1.54) is 4.31 Å². The highest BCUT2D eigenvalue weighted by molar-refractivity contribution is 9.10. The van der Waals surface area contributed by atoms with Crippen LogP contribution in [0.2, 0.25) is 0 Å². The summed E-state index contributed by atoms with van der Waals surface area (Å²) in [6.07, 6.45) is -0.355. The molecule has 2 aromatic rings. The van der Waals surface area contributed by atoms with Crippen molar-refractivity contribution in [2.45, 2.75) is 17.9 Å². The monoisotopic (exact) mass is 411 g/mol. The molecule has 3 rings (SSSR count). The lowest BCUT2D eigenvalue weighted by Crippen LogP contribution is -2.41. The Kier molecular flexibility index (Phi) is 4.85. The van der Waals surface area contributed by atoms with Gasteiger partial charge in [-0.15, -0.1) is 0 Å². The third-order valence-electron chi connectivity index (χ3n) is 3.87. The molecule has 1 heterocycles. The minimum Gasteiger partial charge on any atom is -0.486 e. The largest absolute Gasteiger partial charge is 0.486 e. The van der Waals surface area contributed by atoms with Crippen LogP contribution in [-0.4, -0.2) is 39.0 Å². The highest BCUT2D eigenvalue weighted by atomic mass is 79.9. The standard InChI is InChI=1S/C17H18BrNO4S/c1-12-7-8-13(18)9-17(12)24(20,21)19(2)10-14-11-22-15-5-3-4-6-16(15)23-14/h3-9,14H,10-11H2,1-2H3/t14-/m1/s1. The van der Waals surface area contributed by atoms with E-state index < -0.39 is 10.0 Å².